The summed E-state index contributed by atoms with van der Waals surface area (Å²) in [7, 11) is 0. The summed E-state index contributed by atoms with van der Waals surface area (Å²) in [6.45, 7) is 1.43. The first-order chi connectivity index (χ1) is 8.01. The van der Waals surface area contributed by atoms with E-state index in [1.807, 2.05) is 6.92 Å². The number of ether oxygens (including phenoxy) is 1. The molecule has 1 fully saturated rings. The predicted molar refractivity (Wildman–Crippen MR) is 64.2 cm³/mol. The van der Waals surface area contributed by atoms with Gasteiger partial charge in [-0.3, -0.25) is 0 Å². The molecule has 0 aliphatic carbocycles. The third kappa shape index (κ3) is 3.64. The Morgan fingerprint density at radius 2 is 1.88 bits per heavy atom. The van der Waals surface area contributed by atoms with E-state index in [9.17, 15) is 15.3 Å². The molecule has 0 bridgehead atoms. The highest BCUT2D eigenvalue weighted by molar-refractivity contribution is 8.00. The van der Waals surface area contributed by atoms with Gasteiger partial charge in [0.1, 0.15) is 29.9 Å². The molecule has 0 aromatic heterocycles. The fourth-order valence-corrected chi connectivity index (χ4v) is 2.64. The summed E-state index contributed by atoms with van der Waals surface area (Å²) in [6, 6.07) is 0. The number of nitrogens with one attached hydrogen (secondary N) is 1. The number of thioether (sulfide) groups is 1. The van der Waals surface area contributed by atoms with E-state index in [2.05, 4.69) is 0 Å². The first kappa shape index (κ1) is 14.9. The summed E-state index contributed by atoms with van der Waals surface area (Å²) in [5.41, 5.74) is -0.232. The van der Waals surface area contributed by atoms with Gasteiger partial charge in [0.2, 0.25) is 0 Å². The van der Waals surface area contributed by atoms with Crippen molar-refractivity contribution in [1.29, 1.82) is 5.41 Å². The number of aliphatic hydroxyl groups is 4. The molecule has 6 nitrogen and oxygen atoms in total. The highest BCUT2D eigenvalue weighted by Gasteiger charge is 2.43. The van der Waals surface area contributed by atoms with E-state index >= 15 is 0 Å². The highest BCUT2D eigenvalue weighted by Crippen LogP contribution is 2.28. The third-order valence-corrected chi connectivity index (χ3v) is 3.93. The van der Waals surface area contributed by atoms with Crippen LogP contribution in [-0.4, -0.2) is 68.3 Å². The van der Waals surface area contributed by atoms with Crippen LogP contribution in [0, 0.1) is 5.41 Å². The van der Waals surface area contributed by atoms with Crippen LogP contribution in [0.4, 0.5) is 0 Å². The van der Waals surface area contributed by atoms with E-state index in [4.69, 9.17) is 15.3 Å². The zero-order chi connectivity index (χ0) is 13.0. The molecule has 0 radical (unpaired) electrons. The van der Waals surface area contributed by atoms with E-state index < -0.39 is 36.5 Å². The summed E-state index contributed by atoms with van der Waals surface area (Å²) in [6.07, 6.45) is -4.14. The van der Waals surface area contributed by atoms with Crippen LogP contribution in [0.2, 0.25) is 0 Å². The Hall–Kier alpha value is -0.180. The maximum absolute atomic E-state index is 9.70. The molecular weight excluding hydrogens is 246 g/mol. The van der Waals surface area contributed by atoms with Crippen LogP contribution in [0.25, 0.3) is 0 Å². The van der Waals surface area contributed by atoms with Crippen LogP contribution in [0.1, 0.15) is 13.3 Å². The van der Waals surface area contributed by atoms with Crippen molar-refractivity contribution in [2.75, 3.05) is 12.4 Å². The van der Waals surface area contributed by atoms with Crippen LogP contribution in [0.3, 0.4) is 0 Å². The van der Waals surface area contributed by atoms with Gasteiger partial charge >= 0.3 is 0 Å². The average molecular weight is 265 g/mol. The molecule has 0 spiro atoms. The molecule has 100 valence electrons. The minimum absolute atomic E-state index is 0.388. The van der Waals surface area contributed by atoms with Gasteiger partial charge in [-0.25, -0.2) is 0 Å². The molecule has 1 rings (SSSR count). The van der Waals surface area contributed by atoms with E-state index in [-0.39, 0.29) is 0 Å². The van der Waals surface area contributed by atoms with Crippen LogP contribution in [-0.2, 0) is 4.74 Å². The minimum Gasteiger partial charge on any atom is -0.394 e. The molecule has 5 atom stereocenters. The third-order valence-electron chi connectivity index (χ3n) is 2.70. The molecule has 0 amide bonds. The summed E-state index contributed by atoms with van der Waals surface area (Å²) in [4.78, 5) is 0. The monoisotopic (exact) mass is 265 g/mol. The predicted octanol–water partition coefficient (Wildman–Crippen LogP) is -1.05. The lowest BCUT2D eigenvalue weighted by atomic mass is 10.0. The van der Waals surface area contributed by atoms with Gasteiger partial charge in [0.15, 0.2) is 0 Å². The van der Waals surface area contributed by atoms with Gasteiger partial charge in [0.05, 0.1) is 6.61 Å². The summed E-state index contributed by atoms with van der Waals surface area (Å²) >= 11 is 1.18. The minimum atomic E-state index is -1.34. The van der Waals surface area contributed by atoms with Gasteiger partial charge in [-0.05, 0) is 6.42 Å². The Morgan fingerprint density at radius 3 is 2.41 bits per heavy atom. The molecule has 0 aromatic rings. The van der Waals surface area contributed by atoms with Crippen molar-refractivity contribution in [3.05, 3.63) is 0 Å². The molecule has 0 aromatic carbocycles. The van der Waals surface area contributed by atoms with Crippen LogP contribution in [0.5, 0.6) is 0 Å². The molecular formula is C10H19NO5S. The second-order valence-corrected chi connectivity index (χ2v) is 5.05. The maximum Gasteiger partial charge on any atom is 0.132 e. The maximum atomic E-state index is 9.70. The van der Waals surface area contributed by atoms with Crippen molar-refractivity contribution in [2.45, 2.75) is 43.2 Å². The smallest absolute Gasteiger partial charge is 0.132 e. The number of aliphatic hydroxyl groups excluding tert-OH is 4. The Balaban J connectivity index is 2.56. The molecule has 1 heterocycles. The van der Waals surface area contributed by atoms with Gasteiger partial charge in [-0.1, -0.05) is 6.92 Å². The molecule has 0 saturated carbocycles. The van der Waals surface area contributed by atoms with Crippen LogP contribution >= 0.6 is 11.8 Å². The fourth-order valence-electron chi connectivity index (χ4n) is 1.49. The van der Waals surface area contributed by atoms with Gasteiger partial charge in [0.25, 0.3) is 0 Å². The van der Waals surface area contributed by atoms with Crippen molar-refractivity contribution >= 4 is 17.5 Å². The molecule has 7 heteroatoms. The molecule has 1 saturated heterocycles. The highest BCUT2D eigenvalue weighted by atomic mass is 32.2. The fraction of sp³-hybridized carbons (Fsp3) is 0.900. The largest absolute Gasteiger partial charge is 0.394 e. The Kier molecular flexibility index (Phi) is 5.84. The zero-order valence-corrected chi connectivity index (χ0v) is 10.4. The topological polar surface area (TPSA) is 114 Å². The van der Waals surface area contributed by atoms with E-state index in [1.165, 1.54) is 11.8 Å². The van der Waals surface area contributed by atoms with Gasteiger partial charge in [-0.15, -0.1) is 11.8 Å². The summed E-state index contributed by atoms with van der Waals surface area (Å²) in [5.74, 6) is 0.388. The Morgan fingerprint density at radius 1 is 1.24 bits per heavy atom. The zero-order valence-electron chi connectivity index (χ0n) is 9.61. The Bertz CT molecular complexity index is 263. The van der Waals surface area contributed by atoms with Crippen LogP contribution < -0.4 is 0 Å². The number of rotatable bonds is 5. The van der Waals surface area contributed by atoms with Crippen molar-refractivity contribution in [3.63, 3.8) is 0 Å². The second-order valence-electron chi connectivity index (χ2n) is 3.97. The lowest BCUT2D eigenvalue weighted by Crippen LogP contribution is -2.57. The van der Waals surface area contributed by atoms with Gasteiger partial charge in [0, 0.05) is 11.5 Å². The molecule has 1 aliphatic heterocycles. The van der Waals surface area contributed by atoms with Gasteiger partial charge in [-0.2, -0.15) is 0 Å². The average Bonchev–Trinajstić information content (AvgIpc) is 2.34. The molecule has 1 aliphatic rings. The lowest BCUT2D eigenvalue weighted by Gasteiger charge is -2.39. The Labute approximate surface area is 104 Å². The SMILES string of the molecule is CCC(=N)CSC1OC(CO)C(O)C(O)C1O. The van der Waals surface area contributed by atoms with Crippen molar-refractivity contribution < 1.29 is 25.2 Å². The molecule has 5 unspecified atom stereocenters. The molecule has 17 heavy (non-hydrogen) atoms. The summed E-state index contributed by atoms with van der Waals surface area (Å²) in [5, 5.41) is 45.2. The standard InChI is InChI=1S/C10H19NO5S/c1-2-5(11)4-17-10-9(15)8(14)7(13)6(3-12)16-10/h6-15H,2-4H2,1H3. The van der Waals surface area contributed by atoms with E-state index in [0.29, 0.717) is 17.9 Å². The molecule has 5 N–H and O–H groups in total. The first-order valence-electron chi connectivity index (χ1n) is 5.49. The van der Waals surface area contributed by atoms with Gasteiger partial charge < -0.3 is 30.6 Å². The van der Waals surface area contributed by atoms with E-state index in [0.717, 1.165) is 0 Å². The summed E-state index contributed by atoms with van der Waals surface area (Å²) < 4.78 is 5.28. The quantitative estimate of drug-likeness (QED) is 0.405. The van der Waals surface area contributed by atoms with E-state index in [1.54, 1.807) is 0 Å². The number of hydrogen-bond acceptors (Lipinski definition) is 7. The lowest BCUT2D eigenvalue weighted by molar-refractivity contribution is -0.205. The second kappa shape index (κ2) is 6.67. The van der Waals surface area contributed by atoms with Crippen molar-refractivity contribution in [1.82, 2.24) is 0 Å². The number of hydrogen-bond donors (Lipinski definition) is 5. The van der Waals surface area contributed by atoms with Crippen molar-refractivity contribution in [2.24, 2.45) is 0 Å². The van der Waals surface area contributed by atoms with Crippen LogP contribution in [0.15, 0.2) is 0 Å². The van der Waals surface area contributed by atoms with Crippen molar-refractivity contribution in [3.8, 4) is 0 Å². The first-order valence-corrected chi connectivity index (χ1v) is 6.54. The normalized spacial score (nSPS) is 38.1.